The Morgan fingerprint density at radius 3 is 2.92 bits per heavy atom. The van der Waals surface area contributed by atoms with Gasteiger partial charge in [0.15, 0.2) is 5.78 Å². The van der Waals surface area contributed by atoms with Gasteiger partial charge >= 0.3 is 0 Å². The second kappa shape index (κ2) is 5.69. The third-order valence-electron chi connectivity index (χ3n) is 1.32. The van der Waals surface area contributed by atoms with Gasteiger partial charge in [0.05, 0.1) is 6.54 Å². The molecular weight excluding hydrogens is 176 g/mol. The van der Waals surface area contributed by atoms with Crippen molar-refractivity contribution in [2.24, 2.45) is 0 Å². The zero-order chi connectivity index (χ0) is 8.10. The zero-order valence-electron chi connectivity index (χ0n) is 6.78. The molecule has 0 fully saturated rings. The maximum Gasteiger partial charge on any atom is 0.178 e. The van der Waals surface area contributed by atoms with E-state index in [4.69, 9.17) is 0 Å². The molecule has 1 rings (SSSR count). The van der Waals surface area contributed by atoms with Crippen LogP contribution >= 0.6 is 12.4 Å². The van der Waals surface area contributed by atoms with Crippen molar-refractivity contribution in [1.29, 1.82) is 0 Å². The lowest BCUT2D eigenvalue weighted by Gasteiger charge is -1.96. The average Bonchev–Trinajstić information content (AvgIpc) is 2.07. The van der Waals surface area contributed by atoms with Gasteiger partial charge in [0.25, 0.3) is 0 Å². The van der Waals surface area contributed by atoms with Crippen molar-refractivity contribution in [2.45, 2.75) is 0 Å². The van der Waals surface area contributed by atoms with Gasteiger partial charge in [0.1, 0.15) is 0 Å². The van der Waals surface area contributed by atoms with Crippen molar-refractivity contribution in [3.63, 3.8) is 0 Å². The summed E-state index contributed by atoms with van der Waals surface area (Å²) >= 11 is 0. The van der Waals surface area contributed by atoms with Gasteiger partial charge in [-0.2, -0.15) is 0 Å². The van der Waals surface area contributed by atoms with Crippen LogP contribution in [-0.2, 0) is 0 Å². The van der Waals surface area contributed by atoms with Crippen molar-refractivity contribution < 1.29 is 4.79 Å². The van der Waals surface area contributed by atoms with Crippen LogP contribution in [0, 0.1) is 0 Å². The highest BCUT2D eigenvalue weighted by molar-refractivity contribution is 5.97. The quantitative estimate of drug-likeness (QED) is 0.714. The van der Waals surface area contributed by atoms with Crippen LogP contribution in [-0.4, -0.2) is 24.4 Å². The molecule has 0 radical (unpaired) electrons. The van der Waals surface area contributed by atoms with Gasteiger partial charge in [-0.05, 0) is 19.2 Å². The molecule has 1 heterocycles. The Bertz CT molecular complexity index is 238. The van der Waals surface area contributed by atoms with Crippen LogP contribution in [0.4, 0.5) is 0 Å². The fourth-order valence-electron chi connectivity index (χ4n) is 0.790. The number of Topliss-reactive ketones (excluding diaryl/α,β-unsaturated/α-hetero) is 1. The SMILES string of the molecule is CNCC(=O)c1cccnc1.Cl. The van der Waals surface area contributed by atoms with Gasteiger partial charge in [-0.1, -0.05) is 0 Å². The number of aromatic nitrogens is 1. The number of nitrogens with zero attached hydrogens (tertiary/aromatic N) is 1. The number of hydrogen-bond donors (Lipinski definition) is 1. The summed E-state index contributed by atoms with van der Waals surface area (Å²) in [6.45, 7) is 0.367. The van der Waals surface area contributed by atoms with Crippen LogP contribution in [0.2, 0.25) is 0 Å². The highest BCUT2D eigenvalue weighted by Gasteiger charge is 2.01. The van der Waals surface area contributed by atoms with Crippen LogP contribution in [0.5, 0.6) is 0 Å². The van der Waals surface area contributed by atoms with E-state index in [0.29, 0.717) is 12.1 Å². The molecule has 0 aliphatic carbocycles. The summed E-state index contributed by atoms with van der Waals surface area (Å²) in [4.78, 5) is 15.0. The van der Waals surface area contributed by atoms with E-state index in [1.807, 2.05) is 0 Å². The van der Waals surface area contributed by atoms with Gasteiger partial charge in [-0.25, -0.2) is 0 Å². The Hall–Kier alpha value is -0.930. The Kier molecular flexibility index (Phi) is 5.25. The average molecular weight is 187 g/mol. The minimum atomic E-state index is 0. The molecule has 1 N–H and O–H groups in total. The van der Waals surface area contributed by atoms with Crippen LogP contribution in [0.1, 0.15) is 10.4 Å². The molecule has 0 atom stereocenters. The first-order valence-electron chi connectivity index (χ1n) is 3.42. The summed E-state index contributed by atoms with van der Waals surface area (Å²) in [6.07, 6.45) is 3.22. The van der Waals surface area contributed by atoms with E-state index < -0.39 is 0 Å². The zero-order valence-corrected chi connectivity index (χ0v) is 7.60. The molecule has 0 aliphatic rings. The number of carbonyl (C=O) groups is 1. The summed E-state index contributed by atoms with van der Waals surface area (Å²) < 4.78 is 0. The lowest BCUT2D eigenvalue weighted by Crippen LogP contribution is -2.18. The first-order valence-corrected chi connectivity index (χ1v) is 3.42. The maximum atomic E-state index is 11.1. The largest absolute Gasteiger partial charge is 0.313 e. The van der Waals surface area contributed by atoms with E-state index >= 15 is 0 Å². The van der Waals surface area contributed by atoms with Crippen molar-refractivity contribution in [3.8, 4) is 0 Å². The molecule has 0 aromatic carbocycles. The Morgan fingerprint density at radius 1 is 1.67 bits per heavy atom. The lowest BCUT2D eigenvalue weighted by atomic mass is 10.2. The summed E-state index contributed by atoms with van der Waals surface area (Å²) in [5, 5.41) is 2.79. The summed E-state index contributed by atoms with van der Waals surface area (Å²) in [7, 11) is 1.74. The summed E-state index contributed by atoms with van der Waals surface area (Å²) in [6, 6.07) is 3.51. The fraction of sp³-hybridized carbons (Fsp3) is 0.250. The molecule has 12 heavy (non-hydrogen) atoms. The highest BCUT2D eigenvalue weighted by Crippen LogP contribution is 1.95. The van der Waals surface area contributed by atoms with E-state index in [1.165, 1.54) is 0 Å². The molecular formula is C8H11ClN2O. The molecule has 0 aliphatic heterocycles. The van der Waals surface area contributed by atoms with Gasteiger partial charge in [0, 0.05) is 18.0 Å². The van der Waals surface area contributed by atoms with Crippen molar-refractivity contribution >= 4 is 18.2 Å². The number of likely N-dealkylation sites (N-methyl/N-ethyl adjacent to an activating group) is 1. The smallest absolute Gasteiger partial charge is 0.178 e. The first-order chi connectivity index (χ1) is 5.34. The second-order valence-corrected chi connectivity index (χ2v) is 2.20. The minimum absolute atomic E-state index is 0. The van der Waals surface area contributed by atoms with Gasteiger partial charge < -0.3 is 5.32 Å². The van der Waals surface area contributed by atoms with Crippen LogP contribution in [0.3, 0.4) is 0 Å². The number of pyridine rings is 1. The number of halogens is 1. The molecule has 0 bridgehead atoms. The predicted molar refractivity (Wildman–Crippen MR) is 49.7 cm³/mol. The molecule has 1 aromatic rings. The standard InChI is InChI=1S/C8H10N2O.ClH/c1-9-6-8(11)7-3-2-4-10-5-7;/h2-5,9H,6H2,1H3;1H. The van der Waals surface area contributed by atoms with Crippen LogP contribution in [0.15, 0.2) is 24.5 Å². The number of carbonyl (C=O) groups excluding carboxylic acids is 1. The lowest BCUT2D eigenvalue weighted by molar-refractivity contribution is 0.0993. The van der Waals surface area contributed by atoms with Gasteiger partial charge in [0.2, 0.25) is 0 Å². The molecule has 0 saturated carbocycles. The Labute approximate surface area is 77.6 Å². The van der Waals surface area contributed by atoms with Gasteiger partial charge in [-0.3, -0.25) is 9.78 Å². The molecule has 4 heteroatoms. The van der Waals surface area contributed by atoms with Crippen LogP contribution in [0.25, 0.3) is 0 Å². The summed E-state index contributed by atoms with van der Waals surface area (Å²) in [5.41, 5.74) is 0.654. The van der Waals surface area contributed by atoms with Crippen molar-refractivity contribution in [2.75, 3.05) is 13.6 Å². The maximum absolute atomic E-state index is 11.1. The number of hydrogen-bond acceptors (Lipinski definition) is 3. The molecule has 0 saturated heterocycles. The highest BCUT2D eigenvalue weighted by atomic mass is 35.5. The number of rotatable bonds is 3. The molecule has 66 valence electrons. The van der Waals surface area contributed by atoms with Crippen LogP contribution < -0.4 is 5.32 Å². The topological polar surface area (TPSA) is 42.0 Å². The minimum Gasteiger partial charge on any atom is -0.313 e. The summed E-state index contributed by atoms with van der Waals surface area (Å²) in [5.74, 6) is 0.0700. The van der Waals surface area contributed by atoms with E-state index in [0.717, 1.165) is 0 Å². The first kappa shape index (κ1) is 11.1. The van der Waals surface area contributed by atoms with Crippen molar-refractivity contribution in [3.05, 3.63) is 30.1 Å². The van der Waals surface area contributed by atoms with Gasteiger partial charge in [-0.15, -0.1) is 12.4 Å². The van der Waals surface area contributed by atoms with E-state index in [2.05, 4.69) is 10.3 Å². The predicted octanol–water partition coefficient (Wildman–Crippen LogP) is 0.906. The molecule has 1 aromatic heterocycles. The number of nitrogens with one attached hydrogen (secondary N) is 1. The van der Waals surface area contributed by atoms with E-state index in [-0.39, 0.29) is 18.2 Å². The molecule has 0 spiro atoms. The Morgan fingerprint density at radius 2 is 2.42 bits per heavy atom. The molecule has 3 nitrogen and oxygen atoms in total. The monoisotopic (exact) mass is 186 g/mol. The number of ketones is 1. The third kappa shape index (κ3) is 2.98. The van der Waals surface area contributed by atoms with Crippen molar-refractivity contribution in [1.82, 2.24) is 10.3 Å². The van der Waals surface area contributed by atoms with E-state index in [9.17, 15) is 4.79 Å². The second-order valence-electron chi connectivity index (χ2n) is 2.20. The normalized spacial score (nSPS) is 8.75. The third-order valence-corrected chi connectivity index (χ3v) is 1.32. The molecule has 0 amide bonds. The molecule has 0 unspecified atom stereocenters. The fourth-order valence-corrected chi connectivity index (χ4v) is 0.790. The Balaban J connectivity index is 0.00000121. The van der Waals surface area contributed by atoms with E-state index in [1.54, 1.807) is 31.6 Å².